The largest absolute Gasteiger partial charge is 0.380 e. The van der Waals surface area contributed by atoms with Gasteiger partial charge in [-0.25, -0.2) is 15.0 Å². The molecule has 2 aromatic heterocycles. The van der Waals surface area contributed by atoms with Crippen molar-refractivity contribution in [1.29, 1.82) is 0 Å². The van der Waals surface area contributed by atoms with E-state index in [1.54, 1.807) is 7.11 Å². The lowest BCUT2D eigenvalue weighted by molar-refractivity contribution is 0.107. The Morgan fingerprint density at radius 3 is 2.65 bits per heavy atom. The van der Waals surface area contributed by atoms with E-state index in [4.69, 9.17) is 4.74 Å². The van der Waals surface area contributed by atoms with E-state index in [9.17, 15) is 0 Å². The number of aromatic amines is 1. The van der Waals surface area contributed by atoms with Crippen molar-refractivity contribution in [2.45, 2.75) is 32.0 Å². The molecule has 2 aromatic rings. The van der Waals surface area contributed by atoms with Crippen LogP contribution in [0.25, 0.3) is 0 Å². The van der Waals surface area contributed by atoms with E-state index < -0.39 is 0 Å². The Labute approximate surface area is 135 Å². The molecular weight excluding hydrogens is 294 g/mol. The maximum absolute atomic E-state index is 5.54. The summed E-state index contributed by atoms with van der Waals surface area (Å²) in [5, 5.41) is 7.25. The van der Waals surface area contributed by atoms with Crippen LogP contribution in [-0.2, 0) is 11.3 Å². The highest BCUT2D eigenvalue weighted by Crippen LogP contribution is 2.32. The Hall–Kier alpha value is -2.06. The van der Waals surface area contributed by atoms with Gasteiger partial charge in [0, 0.05) is 52.3 Å². The van der Waals surface area contributed by atoms with Crippen LogP contribution in [-0.4, -0.2) is 63.9 Å². The number of H-pyrrole nitrogens is 1. The van der Waals surface area contributed by atoms with E-state index in [0.29, 0.717) is 5.95 Å². The standard InChI is InChI=1S/C15H23N7O/c1-10-18-14(20-19-10)13-5-12(23-4)9-22(13)8-11-6-16-15(17-7-11)21(2)3/h6-7,12-13H,5,8-9H2,1-4H3,(H,18,19,20)/t12-,13+/m1/s1. The van der Waals surface area contributed by atoms with Crippen molar-refractivity contribution >= 4 is 5.95 Å². The van der Waals surface area contributed by atoms with Gasteiger partial charge in [-0.2, -0.15) is 5.10 Å². The zero-order chi connectivity index (χ0) is 16.4. The van der Waals surface area contributed by atoms with Crippen molar-refractivity contribution in [2.24, 2.45) is 0 Å². The molecule has 0 bridgehead atoms. The maximum atomic E-state index is 5.54. The molecule has 1 fully saturated rings. The highest BCUT2D eigenvalue weighted by atomic mass is 16.5. The van der Waals surface area contributed by atoms with Crippen LogP contribution in [0, 0.1) is 6.92 Å². The highest BCUT2D eigenvalue weighted by Gasteiger charge is 2.35. The SMILES string of the molecule is CO[C@@H]1C[C@@H](c2n[nH]c(C)n2)N(Cc2cnc(N(C)C)nc2)C1. The molecule has 1 aliphatic rings. The molecule has 1 aliphatic heterocycles. The Morgan fingerprint density at radius 1 is 1.35 bits per heavy atom. The first-order chi connectivity index (χ1) is 11.1. The summed E-state index contributed by atoms with van der Waals surface area (Å²) in [6.45, 7) is 3.52. The molecule has 0 radical (unpaired) electrons. The van der Waals surface area contributed by atoms with Gasteiger partial charge in [-0.15, -0.1) is 0 Å². The van der Waals surface area contributed by atoms with E-state index in [-0.39, 0.29) is 12.1 Å². The van der Waals surface area contributed by atoms with E-state index >= 15 is 0 Å². The second kappa shape index (κ2) is 6.59. The lowest BCUT2D eigenvalue weighted by Gasteiger charge is -2.21. The van der Waals surface area contributed by atoms with Crippen LogP contribution >= 0.6 is 0 Å². The number of ether oxygens (including phenoxy) is 1. The van der Waals surface area contributed by atoms with Crippen LogP contribution in [0.15, 0.2) is 12.4 Å². The van der Waals surface area contributed by atoms with Crippen molar-refractivity contribution in [2.75, 3.05) is 32.6 Å². The molecule has 3 heterocycles. The molecule has 8 heteroatoms. The Kier molecular flexibility index (Phi) is 4.53. The smallest absolute Gasteiger partial charge is 0.224 e. The molecule has 0 amide bonds. The molecule has 8 nitrogen and oxygen atoms in total. The predicted octanol–water partition coefficient (Wildman–Crippen LogP) is 0.931. The minimum atomic E-state index is 0.151. The van der Waals surface area contributed by atoms with E-state index in [0.717, 1.165) is 36.7 Å². The minimum Gasteiger partial charge on any atom is -0.380 e. The predicted molar refractivity (Wildman–Crippen MR) is 86.0 cm³/mol. The second-order valence-electron chi connectivity index (χ2n) is 6.10. The number of likely N-dealkylation sites (tertiary alicyclic amines) is 1. The first-order valence-corrected chi connectivity index (χ1v) is 7.71. The molecular formula is C15H23N7O. The molecule has 0 aromatic carbocycles. The van der Waals surface area contributed by atoms with Gasteiger partial charge in [0.25, 0.3) is 0 Å². The van der Waals surface area contributed by atoms with Gasteiger partial charge in [-0.3, -0.25) is 10.00 Å². The topological polar surface area (TPSA) is 83.1 Å². The molecule has 0 saturated carbocycles. The lowest BCUT2D eigenvalue weighted by Crippen LogP contribution is -2.25. The van der Waals surface area contributed by atoms with E-state index in [1.807, 2.05) is 38.3 Å². The van der Waals surface area contributed by atoms with Crippen molar-refractivity contribution < 1.29 is 4.74 Å². The first kappa shape index (κ1) is 15.8. The summed E-state index contributed by atoms with van der Waals surface area (Å²) < 4.78 is 5.54. The fourth-order valence-corrected chi connectivity index (χ4v) is 2.88. The quantitative estimate of drug-likeness (QED) is 0.878. The average Bonchev–Trinajstić information content (AvgIpc) is 3.14. The summed E-state index contributed by atoms with van der Waals surface area (Å²) in [6.07, 6.45) is 4.84. The number of hydrogen-bond acceptors (Lipinski definition) is 7. The van der Waals surface area contributed by atoms with Gasteiger partial charge in [0.15, 0.2) is 5.82 Å². The molecule has 0 aliphatic carbocycles. The number of anilines is 1. The fraction of sp³-hybridized carbons (Fsp3) is 0.600. The Morgan fingerprint density at radius 2 is 2.09 bits per heavy atom. The van der Waals surface area contributed by atoms with Crippen LogP contribution in [0.5, 0.6) is 0 Å². The number of aromatic nitrogens is 5. The number of nitrogens with zero attached hydrogens (tertiary/aromatic N) is 6. The molecule has 2 atom stereocenters. The summed E-state index contributed by atoms with van der Waals surface area (Å²) in [6, 6.07) is 0.151. The molecule has 23 heavy (non-hydrogen) atoms. The van der Waals surface area contributed by atoms with Gasteiger partial charge < -0.3 is 9.64 Å². The lowest BCUT2D eigenvalue weighted by atomic mass is 10.2. The summed E-state index contributed by atoms with van der Waals surface area (Å²) in [5.41, 5.74) is 1.07. The highest BCUT2D eigenvalue weighted by molar-refractivity contribution is 5.26. The van der Waals surface area contributed by atoms with Crippen LogP contribution in [0.1, 0.15) is 29.7 Å². The molecule has 1 N–H and O–H groups in total. The number of rotatable bonds is 5. The minimum absolute atomic E-state index is 0.151. The summed E-state index contributed by atoms with van der Waals surface area (Å²) in [4.78, 5) is 17.5. The third kappa shape index (κ3) is 3.48. The summed E-state index contributed by atoms with van der Waals surface area (Å²) >= 11 is 0. The van der Waals surface area contributed by atoms with Crippen LogP contribution in [0.4, 0.5) is 5.95 Å². The third-order valence-electron chi connectivity index (χ3n) is 4.09. The zero-order valence-electron chi connectivity index (χ0n) is 14.0. The van der Waals surface area contributed by atoms with Crippen molar-refractivity contribution in [3.8, 4) is 0 Å². The van der Waals surface area contributed by atoms with Crippen LogP contribution in [0.2, 0.25) is 0 Å². The molecule has 1 saturated heterocycles. The normalized spacial score (nSPS) is 21.7. The van der Waals surface area contributed by atoms with Gasteiger partial charge in [-0.1, -0.05) is 0 Å². The van der Waals surface area contributed by atoms with Gasteiger partial charge in [-0.05, 0) is 13.3 Å². The molecule has 3 rings (SSSR count). The number of hydrogen-bond donors (Lipinski definition) is 1. The van der Waals surface area contributed by atoms with Crippen molar-refractivity contribution in [3.63, 3.8) is 0 Å². The van der Waals surface area contributed by atoms with Gasteiger partial charge in [0.1, 0.15) is 5.82 Å². The third-order valence-corrected chi connectivity index (χ3v) is 4.09. The second-order valence-corrected chi connectivity index (χ2v) is 6.10. The molecule has 0 unspecified atom stereocenters. The van der Waals surface area contributed by atoms with Crippen LogP contribution < -0.4 is 4.90 Å². The number of methoxy groups -OCH3 is 1. The summed E-state index contributed by atoms with van der Waals surface area (Å²) in [5.74, 6) is 2.37. The maximum Gasteiger partial charge on any atom is 0.224 e. The fourth-order valence-electron chi connectivity index (χ4n) is 2.88. The summed E-state index contributed by atoms with van der Waals surface area (Å²) in [7, 11) is 5.62. The van der Waals surface area contributed by atoms with E-state index in [2.05, 4.69) is 30.0 Å². The van der Waals surface area contributed by atoms with Gasteiger partial charge in [0.2, 0.25) is 5.95 Å². The molecule has 0 spiro atoms. The Bertz CT molecular complexity index is 640. The van der Waals surface area contributed by atoms with Crippen molar-refractivity contribution in [3.05, 3.63) is 29.6 Å². The molecule has 124 valence electrons. The van der Waals surface area contributed by atoms with E-state index in [1.165, 1.54) is 0 Å². The zero-order valence-corrected chi connectivity index (χ0v) is 14.0. The van der Waals surface area contributed by atoms with Crippen molar-refractivity contribution in [1.82, 2.24) is 30.0 Å². The number of nitrogens with one attached hydrogen (secondary N) is 1. The first-order valence-electron chi connectivity index (χ1n) is 7.71. The van der Waals surface area contributed by atoms with Gasteiger partial charge >= 0.3 is 0 Å². The Balaban J connectivity index is 1.76. The van der Waals surface area contributed by atoms with Crippen LogP contribution in [0.3, 0.4) is 0 Å². The monoisotopic (exact) mass is 317 g/mol. The average molecular weight is 317 g/mol. The number of aryl methyl sites for hydroxylation is 1. The van der Waals surface area contributed by atoms with Gasteiger partial charge in [0.05, 0.1) is 12.1 Å².